The van der Waals surface area contributed by atoms with Crippen molar-refractivity contribution in [1.82, 2.24) is 19.4 Å². The molecule has 1 aliphatic rings. The van der Waals surface area contributed by atoms with Gasteiger partial charge in [-0.2, -0.15) is 5.26 Å². The highest BCUT2D eigenvalue weighted by molar-refractivity contribution is 6.04. The number of nitrogens with one attached hydrogen (secondary N) is 1. The average molecular weight is 469 g/mol. The van der Waals surface area contributed by atoms with Crippen molar-refractivity contribution in [3.63, 3.8) is 0 Å². The van der Waals surface area contributed by atoms with E-state index in [1.165, 1.54) is 24.2 Å². The van der Waals surface area contributed by atoms with Crippen LogP contribution in [0.4, 0.5) is 5.69 Å². The van der Waals surface area contributed by atoms with Crippen LogP contribution in [0.1, 0.15) is 56.6 Å². The second kappa shape index (κ2) is 9.06. The molecule has 0 atom stereocenters. The Hall–Kier alpha value is -4.45. The molecule has 0 aliphatic carbocycles. The van der Waals surface area contributed by atoms with Gasteiger partial charge in [0.25, 0.3) is 11.8 Å². The molecule has 1 aliphatic heterocycles. The number of fused-ring (bicyclic) bond motifs is 1. The van der Waals surface area contributed by atoms with Crippen LogP contribution in [0, 0.1) is 18.3 Å². The van der Waals surface area contributed by atoms with E-state index < -0.39 is 0 Å². The number of pyridine rings is 1. The lowest BCUT2D eigenvalue weighted by molar-refractivity contribution is 0.0706. The fourth-order valence-electron chi connectivity index (χ4n) is 4.70. The lowest BCUT2D eigenvalue weighted by Crippen LogP contribution is -2.38. The molecule has 9 heteroatoms. The first kappa shape index (κ1) is 22.3. The molecule has 1 aromatic carbocycles. The van der Waals surface area contributed by atoms with Gasteiger partial charge in [-0.3, -0.25) is 14.6 Å². The van der Waals surface area contributed by atoms with Gasteiger partial charge in [0.2, 0.25) is 0 Å². The number of benzene rings is 1. The first-order valence-electron chi connectivity index (χ1n) is 11.4. The third kappa shape index (κ3) is 4.26. The quantitative estimate of drug-likeness (QED) is 0.484. The van der Waals surface area contributed by atoms with E-state index in [1.54, 1.807) is 13.0 Å². The number of likely N-dealkylation sites (tertiary alicyclic amines) is 1. The second-order valence-electron chi connectivity index (χ2n) is 8.75. The van der Waals surface area contributed by atoms with E-state index in [0.717, 1.165) is 23.7 Å². The predicted molar refractivity (Wildman–Crippen MR) is 129 cm³/mol. The smallest absolute Gasteiger partial charge is 0.276 e. The molecule has 4 aromatic rings. The minimum Gasteiger partial charge on any atom is -0.448 e. The molecule has 0 radical (unpaired) electrons. The normalized spacial score (nSPS) is 14.1. The number of carbonyl (C=O) groups is 2. The van der Waals surface area contributed by atoms with Crippen LogP contribution in [0.3, 0.4) is 0 Å². The first-order chi connectivity index (χ1) is 16.9. The van der Waals surface area contributed by atoms with Crippen molar-refractivity contribution >= 4 is 28.4 Å². The number of hydrogen-bond donors (Lipinski definition) is 1. The highest BCUT2D eigenvalue weighted by Crippen LogP contribution is 2.35. The number of nitrogens with zero attached hydrogens (tertiary/aromatic N) is 5. The zero-order valence-corrected chi connectivity index (χ0v) is 19.5. The van der Waals surface area contributed by atoms with E-state index in [-0.39, 0.29) is 17.5 Å². The number of hydrogen-bond acceptors (Lipinski definition) is 6. The Morgan fingerprint density at radius 1 is 1.17 bits per heavy atom. The maximum Gasteiger partial charge on any atom is 0.276 e. The molecular weight excluding hydrogens is 444 g/mol. The summed E-state index contributed by atoms with van der Waals surface area (Å²) in [4.78, 5) is 35.4. The van der Waals surface area contributed by atoms with Crippen LogP contribution >= 0.6 is 0 Å². The first-order valence-corrected chi connectivity index (χ1v) is 11.4. The molecule has 0 saturated carbocycles. The molecule has 2 amide bonds. The summed E-state index contributed by atoms with van der Waals surface area (Å²) in [5, 5.41) is 13.0. The van der Waals surface area contributed by atoms with Crippen molar-refractivity contribution in [3.8, 4) is 6.07 Å². The summed E-state index contributed by atoms with van der Waals surface area (Å²) in [6.45, 7) is 3.03. The summed E-state index contributed by atoms with van der Waals surface area (Å²) in [6, 6.07) is 10.9. The van der Waals surface area contributed by atoms with Gasteiger partial charge in [-0.25, -0.2) is 4.98 Å². The zero-order chi connectivity index (χ0) is 24.5. The Morgan fingerprint density at radius 2 is 1.97 bits per heavy atom. The molecule has 176 valence electrons. The lowest BCUT2D eigenvalue weighted by Gasteiger charge is -2.31. The monoisotopic (exact) mass is 468 g/mol. The second-order valence-corrected chi connectivity index (χ2v) is 8.75. The third-order valence-electron chi connectivity index (χ3n) is 6.57. The maximum atomic E-state index is 12.8. The highest BCUT2D eigenvalue weighted by Gasteiger charge is 2.28. The highest BCUT2D eigenvalue weighted by atomic mass is 16.3. The Kier molecular flexibility index (Phi) is 5.79. The Bertz CT molecular complexity index is 1470. The molecule has 3 aromatic heterocycles. The minimum absolute atomic E-state index is 0.0910. The number of rotatable bonds is 4. The minimum atomic E-state index is -0.367. The Balaban J connectivity index is 1.34. The standard InChI is InChI=1S/C26H24N6O3/c1-16-24(29-15-35-16)26(34)32-9-6-18(7-10-32)21-14-31(2)23-4-3-19(12-20(21)23)30-25(33)22-11-17(13-27)5-8-28-22/h3-5,8,11-12,14-15,18H,6-7,9-10H2,1-2H3,(H,30,33). The molecule has 1 saturated heterocycles. The van der Waals surface area contributed by atoms with Crippen molar-refractivity contribution in [2.75, 3.05) is 18.4 Å². The number of aromatic nitrogens is 3. The van der Waals surface area contributed by atoms with E-state index in [1.807, 2.05) is 36.2 Å². The predicted octanol–water partition coefficient (Wildman–Crippen LogP) is 4.01. The van der Waals surface area contributed by atoms with E-state index in [4.69, 9.17) is 9.68 Å². The lowest BCUT2D eigenvalue weighted by atomic mass is 9.89. The van der Waals surface area contributed by atoms with Crippen LogP contribution in [0.25, 0.3) is 10.9 Å². The summed E-state index contributed by atoms with van der Waals surface area (Å²) >= 11 is 0. The van der Waals surface area contributed by atoms with Gasteiger partial charge < -0.3 is 19.2 Å². The molecule has 1 N–H and O–H groups in total. The van der Waals surface area contributed by atoms with Gasteiger partial charge >= 0.3 is 0 Å². The van der Waals surface area contributed by atoms with E-state index in [0.29, 0.717) is 41.7 Å². The van der Waals surface area contributed by atoms with Gasteiger partial charge in [-0.05, 0) is 61.6 Å². The Morgan fingerprint density at radius 3 is 2.69 bits per heavy atom. The maximum absolute atomic E-state index is 12.8. The van der Waals surface area contributed by atoms with Crippen LogP contribution < -0.4 is 5.32 Å². The number of anilines is 1. The van der Waals surface area contributed by atoms with E-state index >= 15 is 0 Å². The number of aryl methyl sites for hydroxylation is 2. The van der Waals surface area contributed by atoms with Gasteiger partial charge in [-0.15, -0.1) is 0 Å². The fraction of sp³-hybridized carbons (Fsp3) is 0.269. The largest absolute Gasteiger partial charge is 0.448 e. The molecule has 0 unspecified atom stereocenters. The van der Waals surface area contributed by atoms with Gasteiger partial charge in [0, 0.05) is 49.1 Å². The molecule has 1 fully saturated rings. The zero-order valence-electron chi connectivity index (χ0n) is 19.5. The van der Waals surface area contributed by atoms with Gasteiger partial charge in [0.15, 0.2) is 12.1 Å². The third-order valence-corrected chi connectivity index (χ3v) is 6.57. The molecule has 0 bridgehead atoms. The van der Waals surface area contributed by atoms with Gasteiger partial charge in [0.1, 0.15) is 11.5 Å². The topological polar surface area (TPSA) is 117 Å². The van der Waals surface area contributed by atoms with Crippen LogP contribution in [-0.4, -0.2) is 44.3 Å². The molecule has 5 rings (SSSR count). The van der Waals surface area contributed by atoms with Crippen LogP contribution in [-0.2, 0) is 7.05 Å². The number of carbonyl (C=O) groups excluding carboxylic acids is 2. The molecule has 4 heterocycles. The van der Waals surface area contributed by atoms with Crippen LogP contribution in [0.5, 0.6) is 0 Å². The van der Waals surface area contributed by atoms with Crippen molar-refractivity contribution < 1.29 is 14.0 Å². The van der Waals surface area contributed by atoms with E-state index in [9.17, 15) is 9.59 Å². The number of amides is 2. The van der Waals surface area contributed by atoms with Gasteiger partial charge in [0.05, 0.1) is 11.6 Å². The molecule has 9 nitrogen and oxygen atoms in total. The van der Waals surface area contributed by atoms with Crippen molar-refractivity contribution in [1.29, 1.82) is 5.26 Å². The SMILES string of the molecule is Cc1ocnc1C(=O)N1CCC(c2cn(C)c3ccc(NC(=O)c4cc(C#N)ccn4)cc23)CC1. The summed E-state index contributed by atoms with van der Waals surface area (Å²) < 4.78 is 7.27. The number of oxazole rings is 1. The van der Waals surface area contributed by atoms with Crippen LogP contribution in [0.2, 0.25) is 0 Å². The van der Waals surface area contributed by atoms with Gasteiger partial charge in [-0.1, -0.05) is 0 Å². The molecule has 0 spiro atoms. The van der Waals surface area contributed by atoms with E-state index in [2.05, 4.69) is 26.0 Å². The summed E-state index contributed by atoms with van der Waals surface area (Å²) in [5.74, 6) is 0.372. The summed E-state index contributed by atoms with van der Waals surface area (Å²) in [5.41, 5.74) is 3.88. The molecular formula is C26H24N6O3. The Labute approximate surface area is 202 Å². The number of nitriles is 1. The average Bonchev–Trinajstić information content (AvgIpc) is 3.46. The van der Waals surface area contributed by atoms with Crippen molar-refractivity contribution in [3.05, 3.63) is 77.4 Å². The fourth-order valence-corrected chi connectivity index (χ4v) is 4.70. The summed E-state index contributed by atoms with van der Waals surface area (Å²) in [6.07, 6.45) is 6.57. The molecule has 35 heavy (non-hydrogen) atoms. The van der Waals surface area contributed by atoms with Crippen molar-refractivity contribution in [2.24, 2.45) is 7.05 Å². The van der Waals surface area contributed by atoms with Crippen molar-refractivity contribution in [2.45, 2.75) is 25.7 Å². The summed E-state index contributed by atoms with van der Waals surface area (Å²) in [7, 11) is 2.01. The van der Waals surface area contributed by atoms with Crippen LogP contribution in [0.15, 0.2) is 53.5 Å². The number of piperidine rings is 1.